The number of amides is 2. The lowest BCUT2D eigenvalue weighted by molar-refractivity contribution is 0.214. The maximum absolute atomic E-state index is 11.1. The Hall–Kier alpha value is -0.770. The molecule has 0 aromatic heterocycles. The molecule has 1 heterocycles. The zero-order valence-electron chi connectivity index (χ0n) is 7.05. The molecule has 1 aliphatic rings. The van der Waals surface area contributed by atoms with E-state index >= 15 is 0 Å². The monoisotopic (exact) mass is 157 g/mol. The molecule has 2 amide bonds. The summed E-state index contributed by atoms with van der Waals surface area (Å²) >= 11 is 0. The Morgan fingerprint density at radius 2 is 2.36 bits per heavy atom. The van der Waals surface area contributed by atoms with Gasteiger partial charge in [-0.25, -0.2) is 4.79 Å². The highest BCUT2D eigenvalue weighted by molar-refractivity contribution is 5.73. The highest BCUT2D eigenvalue weighted by Crippen LogP contribution is 1.96. The third-order valence-electron chi connectivity index (χ3n) is 1.79. The molecule has 1 saturated heterocycles. The van der Waals surface area contributed by atoms with Crippen molar-refractivity contribution >= 4 is 6.03 Å². The van der Waals surface area contributed by atoms with Crippen LogP contribution in [-0.4, -0.2) is 44.2 Å². The van der Waals surface area contributed by atoms with E-state index in [0.29, 0.717) is 6.04 Å². The molecule has 2 N–H and O–H groups in total. The van der Waals surface area contributed by atoms with Gasteiger partial charge in [0.25, 0.3) is 0 Å². The summed E-state index contributed by atoms with van der Waals surface area (Å²) in [5, 5.41) is 6.09. The maximum atomic E-state index is 11.1. The number of nitrogens with zero attached hydrogens (tertiary/aromatic N) is 1. The average Bonchev–Trinajstić information content (AvgIpc) is 2.39. The second-order valence-electron chi connectivity index (χ2n) is 3.03. The van der Waals surface area contributed by atoms with Crippen LogP contribution >= 0.6 is 0 Å². The molecule has 0 aromatic carbocycles. The van der Waals surface area contributed by atoms with Gasteiger partial charge in [-0.2, -0.15) is 0 Å². The van der Waals surface area contributed by atoms with Crippen LogP contribution in [-0.2, 0) is 0 Å². The van der Waals surface area contributed by atoms with E-state index in [-0.39, 0.29) is 6.03 Å². The van der Waals surface area contributed by atoms with E-state index in [1.54, 1.807) is 19.0 Å². The zero-order valence-corrected chi connectivity index (χ0v) is 7.05. The lowest BCUT2D eigenvalue weighted by Crippen LogP contribution is -2.42. The summed E-state index contributed by atoms with van der Waals surface area (Å²) in [5.41, 5.74) is 0. The molecule has 4 heteroatoms. The van der Waals surface area contributed by atoms with E-state index in [4.69, 9.17) is 0 Å². The zero-order chi connectivity index (χ0) is 8.27. The van der Waals surface area contributed by atoms with Gasteiger partial charge in [0.05, 0.1) is 0 Å². The van der Waals surface area contributed by atoms with Gasteiger partial charge < -0.3 is 15.5 Å². The summed E-state index contributed by atoms with van der Waals surface area (Å²) in [6, 6.07) is 0.323. The van der Waals surface area contributed by atoms with Crippen LogP contribution < -0.4 is 10.6 Å². The van der Waals surface area contributed by atoms with Crippen molar-refractivity contribution in [2.75, 3.05) is 27.2 Å². The Kier molecular flexibility index (Phi) is 2.70. The topological polar surface area (TPSA) is 44.4 Å². The Morgan fingerprint density at radius 1 is 1.64 bits per heavy atom. The second kappa shape index (κ2) is 3.57. The van der Waals surface area contributed by atoms with Crippen LogP contribution in [0.5, 0.6) is 0 Å². The van der Waals surface area contributed by atoms with Crippen LogP contribution in [0.2, 0.25) is 0 Å². The molecule has 1 atom stereocenters. The van der Waals surface area contributed by atoms with Crippen molar-refractivity contribution in [1.29, 1.82) is 0 Å². The van der Waals surface area contributed by atoms with E-state index in [1.165, 1.54) is 0 Å². The van der Waals surface area contributed by atoms with Crippen molar-refractivity contribution in [1.82, 2.24) is 15.5 Å². The first kappa shape index (κ1) is 8.33. The first-order valence-electron chi connectivity index (χ1n) is 3.88. The Bertz CT molecular complexity index is 141. The van der Waals surface area contributed by atoms with Crippen LogP contribution in [0.15, 0.2) is 0 Å². The van der Waals surface area contributed by atoms with Crippen LogP contribution in [0.1, 0.15) is 6.42 Å². The number of carbonyl (C=O) groups excluding carboxylic acids is 1. The smallest absolute Gasteiger partial charge is 0.317 e. The third-order valence-corrected chi connectivity index (χ3v) is 1.79. The van der Waals surface area contributed by atoms with Gasteiger partial charge in [0.2, 0.25) is 0 Å². The molecule has 0 bridgehead atoms. The van der Waals surface area contributed by atoms with Gasteiger partial charge in [0, 0.05) is 26.7 Å². The summed E-state index contributed by atoms with van der Waals surface area (Å²) in [7, 11) is 3.50. The fourth-order valence-corrected chi connectivity index (χ4v) is 1.08. The third kappa shape index (κ3) is 2.38. The van der Waals surface area contributed by atoms with Crippen molar-refractivity contribution < 1.29 is 4.79 Å². The molecule has 64 valence electrons. The molecule has 1 fully saturated rings. The van der Waals surface area contributed by atoms with E-state index in [2.05, 4.69) is 10.6 Å². The van der Waals surface area contributed by atoms with Crippen molar-refractivity contribution in [3.8, 4) is 0 Å². The number of rotatable bonds is 1. The molecule has 0 unspecified atom stereocenters. The molecular weight excluding hydrogens is 142 g/mol. The molecule has 4 nitrogen and oxygen atoms in total. The van der Waals surface area contributed by atoms with Crippen LogP contribution in [0.3, 0.4) is 0 Å². The lowest BCUT2D eigenvalue weighted by Gasteiger charge is -2.15. The molecule has 1 aliphatic heterocycles. The standard InChI is InChI=1S/C7H15N3O/c1-10(2)7(11)9-6-3-4-8-5-6/h6,8H,3-5H2,1-2H3,(H,9,11)/t6-/m0/s1. The number of nitrogens with one attached hydrogen (secondary N) is 2. The molecule has 0 saturated carbocycles. The minimum atomic E-state index is -0.00120. The molecule has 0 radical (unpaired) electrons. The van der Waals surface area contributed by atoms with E-state index in [0.717, 1.165) is 19.5 Å². The largest absolute Gasteiger partial charge is 0.334 e. The molecular formula is C7H15N3O. The predicted molar refractivity (Wildman–Crippen MR) is 43.5 cm³/mol. The highest BCUT2D eigenvalue weighted by Gasteiger charge is 2.16. The van der Waals surface area contributed by atoms with E-state index < -0.39 is 0 Å². The van der Waals surface area contributed by atoms with Gasteiger partial charge in [0.15, 0.2) is 0 Å². The van der Waals surface area contributed by atoms with Gasteiger partial charge in [-0.05, 0) is 13.0 Å². The number of carbonyl (C=O) groups is 1. The molecule has 0 aromatic rings. The van der Waals surface area contributed by atoms with Crippen LogP contribution in [0.25, 0.3) is 0 Å². The predicted octanol–water partition coefficient (Wildman–Crippen LogP) is -0.381. The Balaban J connectivity index is 2.24. The first-order valence-corrected chi connectivity index (χ1v) is 3.88. The summed E-state index contributed by atoms with van der Waals surface area (Å²) in [6.45, 7) is 1.91. The lowest BCUT2D eigenvalue weighted by atomic mass is 10.3. The fraction of sp³-hybridized carbons (Fsp3) is 0.857. The van der Waals surface area contributed by atoms with Crippen molar-refractivity contribution in [3.63, 3.8) is 0 Å². The minimum Gasteiger partial charge on any atom is -0.334 e. The summed E-state index contributed by atoms with van der Waals surface area (Å²) < 4.78 is 0. The molecule has 1 rings (SSSR count). The Morgan fingerprint density at radius 3 is 2.82 bits per heavy atom. The Labute approximate surface area is 66.9 Å². The van der Waals surface area contributed by atoms with Crippen LogP contribution in [0.4, 0.5) is 4.79 Å². The normalized spacial score (nSPS) is 23.3. The summed E-state index contributed by atoms with van der Waals surface area (Å²) in [4.78, 5) is 12.6. The van der Waals surface area contributed by atoms with Gasteiger partial charge in [-0.3, -0.25) is 0 Å². The van der Waals surface area contributed by atoms with Gasteiger partial charge in [0.1, 0.15) is 0 Å². The average molecular weight is 157 g/mol. The van der Waals surface area contributed by atoms with E-state index in [9.17, 15) is 4.79 Å². The quantitative estimate of drug-likeness (QED) is 0.545. The van der Waals surface area contributed by atoms with Gasteiger partial charge >= 0.3 is 6.03 Å². The summed E-state index contributed by atoms with van der Waals surface area (Å²) in [6.07, 6.45) is 1.04. The highest BCUT2D eigenvalue weighted by atomic mass is 16.2. The van der Waals surface area contributed by atoms with Gasteiger partial charge in [-0.15, -0.1) is 0 Å². The van der Waals surface area contributed by atoms with Gasteiger partial charge in [-0.1, -0.05) is 0 Å². The van der Waals surface area contributed by atoms with Crippen molar-refractivity contribution in [2.24, 2.45) is 0 Å². The number of urea groups is 1. The molecule has 0 spiro atoms. The number of hydrogen-bond donors (Lipinski definition) is 2. The first-order chi connectivity index (χ1) is 5.20. The fourth-order valence-electron chi connectivity index (χ4n) is 1.08. The maximum Gasteiger partial charge on any atom is 0.317 e. The number of hydrogen-bond acceptors (Lipinski definition) is 2. The molecule has 0 aliphatic carbocycles. The second-order valence-corrected chi connectivity index (χ2v) is 3.03. The van der Waals surface area contributed by atoms with E-state index in [1.807, 2.05) is 0 Å². The minimum absolute atomic E-state index is 0.00120. The molecule has 11 heavy (non-hydrogen) atoms. The SMILES string of the molecule is CN(C)C(=O)N[C@H]1CCNC1. The van der Waals surface area contributed by atoms with Crippen LogP contribution in [0, 0.1) is 0 Å². The summed E-state index contributed by atoms with van der Waals surface area (Å²) in [5.74, 6) is 0. The van der Waals surface area contributed by atoms with Crippen molar-refractivity contribution in [3.05, 3.63) is 0 Å². The van der Waals surface area contributed by atoms with Crippen molar-refractivity contribution in [2.45, 2.75) is 12.5 Å².